The van der Waals surface area contributed by atoms with E-state index in [0.717, 1.165) is 38.7 Å². The molecule has 0 unspecified atom stereocenters. The Labute approximate surface area is 331 Å². The second kappa shape index (κ2) is 15.8. The van der Waals surface area contributed by atoms with Crippen LogP contribution in [-0.4, -0.2) is 15.0 Å². The van der Waals surface area contributed by atoms with Crippen LogP contribution >= 0.6 is 0 Å². The molecule has 0 spiro atoms. The smallest absolute Gasteiger partial charge is 0.216 e. The standard InChI is InChI=1S/C34H37N2O.C12H10N.Ir/c1-20(2)24-11-9-12-25(21(3)4)31(24)29-16-15-27-26-13-10-14-28(32(26)37-33(27)36-29)30-17-22(5)23(19-35-30)18-34(6,7)8;1-10-7-8-12(13-9-10)11-5-3-2-4-6-11;/h9-13,15-17,19-21H,18H2,1-8H3;2-5,7-9H,1H3;/q2*-1;/i5D3,18D2,20D,21D;1D3;. The fraction of sp³-hybridized carbons (Fsp3) is 0.283. The maximum absolute atomic E-state index is 8.80. The summed E-state index contributed by atoms with van der Waals surface area (Å²) in [6.45, 7) is 7.77. The zero-order chi connectivity index (χ0) is 44.2. The Morgan fingerprint density at radius 1 is 0.784 bits per heavy atom. The van der Waals surface area contributed by atoms with Crippen molar-refractivity contribution in [1.29, 1.82) is 0 Å². The molecule has 51 heavy (non-hydrogen) atoms. The molecule has 4 nitrogen and oxygen atoms in total. The van der Waals surface area contributed by atoms with Gasteiger partial charge in [0.1, 0.15) is 0 Å². The fourth-order valence-electron chi connectivity index (χ4n) is 5.81. The van der Waals surface area contributed by atoms with Crippen LogP contribution < -0.4 is 0 Å². The van der Waals surface area contributed by atoms with E-state index >= 15 is 0 Å². The Balaban J connectivity index is 0.000000347. The molecule has 3 aromatic carbocycles. The molecule has 4 heterocycles. The van der Waals surface area contributed by atoms with Gasteiger partial charge in [0, 0.05) is 57.2 Å². The molecule has 263 valence electrons. The molecule has 4 aromatic heterocycles. The SMILES string of the molecule is [2H]C([2H])([2H])c1cc(-c2[c-]ccc3c2oc2nc(-c4c(C([2H])(C)C)cccc4C([2H])(C)C)ccc23)ncc1C([2H])([2H])C(C)(C)C.[2H]C([2H])([2H])c1ccc(-c2[c-]cccc2)nc1.[Ir]. The molecule has 0 aliphatic carbocycles. The zero-order valence-corrected chi connectivity index (χ0v) is 32.2. The number of rotatable bonds is 6. The van der Waals surface area contributed by atoms with Crippen molar-refractivity contribution in [2.75, 3.05) is 0 Å². The Morgan fingerprint density at radius 2 is 1.53 bits per heavy atom. The Hall–Kier alpha value is -4.44. The summed E-state index contributed by atoms with van der Waals surface area (Å²) in [5.74, 6) is -1.88. The van der Waals surface area contributed by atoms with Gasteiger partial charge in [-0.1, -0.05) is 101 Å². The number of nitrogens with zero attached hydrogens (tertiary/aromatic N) is 3. The molecule has 7 aromatic rings. The van der Waals surface area contributed by atoms with Crippen LogP contribution in [0.2, 0.25) is 0 Å². The van der Waals surface area contributed by atoms with Gasteiger partial charge in [-0.05, 0) is 83.1 Å². The number of fused-ring (bicyclic) bond motifs is 3. The number of aromatic nitrogens is 3. The van der Waals surface area contributed by atoms with Crippen LogP contribution in [0.15, 0.2) is 102 Å². The van der Waals surface area contributed by atoms with E-state index in [1.54, 1.807) is 45.0 Å². The summed E-state index contributed by atoms with van der Waals surface area (Å²) in [5.41, 5.74) is 5.25. The number of benzene rings is 3. The molecule has 0 fully saturated rings. The largest absolute Gasteiger partial charge is 0.486 e. The molecule has 0 N–H and O–H groups in total. The van der Waals surface area contributed by atoms with Gasteiger partial charge in [0.05, 0.1) is 11.3 Å². The van der Waals surface area contributed by atoms with Crippen molar-refractivity contribution in [1.82, 2.24) is 15.0 Å². The maximum Gasteiger partial charge on any atom is 0.216 e. The second-order valence-electron chi connectivity index (χ2n) is 13.7. The van der Waals surface area contributed by atoms with E-state index in [1.165, 1.54) is 18.5 Å². The van der Waals surface area contributed by atoms with Crippen molar-refractivity contribution in [3.63, 3.8) is 0 Å². The van der Waals surface area contributed by atoms with Gasteiger partial charge in [0.15, 0.2) is 0 Å². The van der Waals surface area contributed by atoms with Crippen LogP contribution in [-0.2, 0) is 26.5 Å². The average Bonchev–Trinajstić information content (AvgIpc) is 3.54. The minimum absolute atomic E-state index is 0. The van der Waals surface area contributed by atoms with Gasteiger partial charge in [-0.3, -0.25) is 0 Å². The third kappa shape index (κ3) is 8.55. The predicted octanol–water partition coefficient (Wildman–Crippen LogP) is 12.5. The molecule has 0 saturated carbocycles. The van der Waals surface area contributed by atoms with Gasteiger partial charge in [0.25, 0.3) is 0 Å². The number of pyridine rings is 3. The molecule has 0 saturated heterocycles. The van der Waals surface area contributed by atoms with Crippen LogP contribution in [0.3, 0.4) is 0 Å². The van der Waals surface area contributed by atoms with Gasteiger partial charge >= 0.3 is 0 Å². The minimum atomic E-state index is -2.58. The first-order valence-corrected chi connectivity index (χ1v) is 16.5. The van der Waals surface area contributed by atoms with Crippen LogP contribution in [0.5, 0.6) is 0 Å². The van der Waals surface area contributed by atoms with E-state index in [2.05, 4.69) is 22.1 Å². The van der Waals surface area contributed by atoms with E-state index in [1.807, 2.05) is 82.3 Å². The average molecular weight is 860 g/mol. The zero-order valence-electron chi connectivity index (χ0n) is 39.8. The summed E-state index contributed by atoms with van der Waals surface area (Å²) in [6, 6.07) is 31.4. The summed E-state index contributed by atoms with van der Waals surface area (Å²) in [6.07, 6.45) is 0.759. The molecule has 0 aliphatic heterocycles. The minimum Gasteiger partial charge on any atom is -0.486 e. The van der Waals surface area contributed by atoms with Gasteiger partial charge in [0.2, 0.25) is 5.71 Å². The van der Waals surface area contributed by atoms with E-state index in [9.17, 15) is 0 Å². The first-order chi connectivity index (χ1) is 27.7. The summed E-state index contributed by atoms with van der Waals surface area (Å²) in [7, 11) is 0. The number of hydrogen-bond donors (Lipinski definition) is 0. The molecule has 7 rings (SSSR count). The molecule has 0 aliphatic rings. The number of hydrogen-bond acceptors (Lipinski definition) is 4. The molecule has 5 heteroatoms. The molecule has 1 radical (unpaired) electrons. The van der Waals surface area contributed by atoms with E-state index in [4.69, 9.17) is 23.1 Å². The van der Waals surface area contributed by atoms with Crippen LogP contribution in [0.1, 0.15) is 102 Å². The Morgan fingerprint density at radius 3 is 2.16 bits per heavy atom. The normalized spacial score (nSPS) is 15.6. The third-order valence-electron chi connectivity index (χ3n) is 8.11. The maximum atomic E-state index is 8.80. The Bertz CT molecular complexity index is 2620. The molecule has 0 amide bonds. The van der Waals surface area contributed by atoms with Crippen molar-refractivity contribution in [2.24, 2.45) is 5.41 Å². The second-order valence-corrected chi connectivity index (χ2v) is 13.7. The van der Waals surface area contributed by atoms with E-state index in [0.29, 0.717) is 28.2 Å². The third-order valence-corrected chi connectivity index (χ3v) is 8.11. The monoisotopic (exact) mass is 860 g/mol. The summed E-state index contributed by atoms with van der Waals surface area (Å²) in [4.78, 5) is 13.5. The topological polar surface area (TPSA) is 51.8 Å². The van der Waals surface area contributed by atoms with Crippen molar-refractivity contribution in [3.8, 4) is 33.8 Å². The number of furan rings is 1. The van der Waals surface area contributed by atoms with Gasteiger partial charge < -0.3 is 14.4 Å². The van der Waals surface area contributed by atoms with Crippen molar-refractivity contribution >= 4 is 22.1 Å². The number of aryl methyl sites for hydroxylation is 2. The first-order valence-electron chi connectivity index (χ1n) is 21.5. The van der Waals surface area contributed by atoms with Crippen LogP contribution in [0, 0.1) is 31.3 Å². The predicted molar refractivity (Wildman–Crippen MR) is 208 cm³/mol. The summed E-state index contributed by atoms with van der Waals surface area (Å²) in [5, 5.41) is 1.49. The van der Waals surface area contributed by atoms with Crippen LogP contribution in [0.25, 0.3) is 55.8 Å². The van der Waals surface area contributed by atoms with Crippen molar-refractivity contribution in [3.05, 3.63) is 137 Å². The molecular weight excluding hydrogens is 803 g/mol. The summed E-state index contributed by atoms with van der Waals surface area (Å²) >= 11 is 0. The first kappa shape index (κ1) is 26.4. The molecular formula is C46H47IrN3O-2. The molecule has 0 bridgehead atoms. The van der Waals surface area contributed by atoms with E-state index < -0.39 is 37.3 Å². The van der Waals surface area contributed by atoms with Crippen molar-refractivity contribution < 1.29 is 38.2 Å². The fourth-order valence-corrected chi connectivity index (χ4v) is 5.81. The Kier molecular flexibility index (Phi) is 8.19. The molecule has 0 atom stereocenters. The van der Waals surface area contributed by atoms with Gasteiger partial charge in [-0.25, -0.2) is 4.98 Å². The van der Waals surface area contributed by atoms with Gasteiger partial charge in [-0.15, -0.1) is 54.1 Å². The summed E-state index contributed by atoms with van der Waals surface area (Å²) < 4.78 is 87.7. The van der Waals surface area contributed by atoms with Crippen LogP contribution in [0.4, 0.5) is 0 Å². The quantitative estimate of drug-likeness (QED) is 0.156. The van der Waals surface area contributed by atoms with E-state index in [-0.39, 0.29) is 36.8 Å². The van der Waals surface area contributed by atoms with Gasteiger partial charge in [-0.2, -0.15) is 0 Å². The van der Waals surface area contributed by atoms with Crippen molar-refractivity contribution in [2.45, 2.75) is 80.3 Å².